The highest BCUT2D eigenvalue weighted by Crippen LogP contribution is 2.36. The van der Waals surface area contributed by atoms with Gasteiger partial charge in [-0.3, -0.25) is 0 Å². The van der Waals surface area contributed by atoms with Gasteiger partial charge in [-0.05, 0) is 31.4 Å². The van der Waals surface area contributed by atoms with Crippen LogP contribution >= 0.6 is 0 Å². The van der Waals surface area contributed by atoms with Crippen molar-refractivity contribution in [3.63, 3.8) is 0 Å². The molecule has 0 unspecified atom stereocenters. The van der Waals surface area contributed by atoms with Crippen molar-refractivity contribution in [1.82, 2.24) is 9.97 Å². The fourth-order valence-electron chi connectivity index (χ4n) is 2.94. The van der Waals surface area contributed by atoms with E-state index >= 15 is 0 Å². The van der Waals surface area contributed by atoms with E-state index in [-0.39, 0.29) is 6.10 Å². The average Bonchev–Trinajstić information content (AvgIpc) is 2.65. The highest BCUT2D eigenvalue weighted by Gasteiger charge is 2.16. The molecule has 0 saturated carbocycles. The first-order chi connectivity index (χ1) is 12.9. The maximum absolute atomic E-state index is 5.78. The van der Waals surface area contributed by atoms with E-state index in [0.717, 1.165) is 22.2 Å². The molecule has 0 N–H and O–H groups in total. The molecule has 0 radical (unpaired) electrons. The fourth-order valence-corrected chi connectivity index (χ4v) is 2.94. The summed E-state index contributed by atoms with van der Waals surface area (Å²) in [6.45, 7) is 8.28. The first-order valence-corrected chi connectivity index (χ1v) is 9.13. The van der Waals surface area contributed by atoms with Crippen LogP contribution in [-0.2, 0) is 0 Å². The van der Waals surface area contributed by atoms with Gasteiger partial charge in [-0.1, -0.05) is 38.1 Å². The molecule has 1 aromatic heterocycles. The van der Waals surface area contributed by atoms with Crippen LogP contribution in [0.4, 0.5) is 0 Å². The van der Waals surface area contributed by atoms with Gasteiger partial charge in [-0.2, -0.15) is 9.97 Å². The van der Waals surface area contributed by atoms with Crippen LogP contribution in [0.5, 0.6) is 17.5 Å². The van der Waals surface area contributed by atoms with E-state index in [9.17, 15) is 0 Å². The van der Waals surface area contributed by atoms with Crippen molar-refractivity contribution in [1.29, 1.82) is 0 Å². The molecule has 142 valence electrons. The Morgan fingerprint density at radius 1 is 0.815 bits per heavy atom. The number of nitrogens with zero attached hydrogens (tertiary/aromatic N) is 2. The van der Waals surface area contributed by atoms with Crippen LogP contribution < -0.4 is 14.2 Å². The number of ether oxygens (including phenoxy) is 3. The molecule has 0 aliphatic heterocycles. The summed E-state index contributed by atoms with van der Waals surface area (Å²) in [4.78, 5) is 9.25. The number of rotatable bonds is 6. The molecule has 0 amide bonds. The molecule has 0 spiro atoms. The summed E-state index contributed by atoms with van der Waals surface area (Å²) in [5.74, 6) is 1.75. The van der Waals surface area contributed by atoms with Gasteiger partial charge >= 0.3 is 6.01 Å². The summed E-state index contributed by atoms with van der Waals surface area (Å²) >= 11 is 0. The number of hydrogen-bond donors (Lipinski definition) is 0. The van der Waals surface area contributed by atoms with Crippen LogP contribution in [0.15, 0.2) is 36.4 Å². The lowest BCUT2D eigenvalue weighted by Gasteiger charge is -2.14. The summed E-state index contributed by atoms with van der Waals surface area (Å²) in [5.41, 5.74) is 3.86. The number of methoxy groups -OCH3 is 2. The molecule has 5 heteroatoms. The van der Waals surface area contributed by atoms with Crippen LogP contribution in [0, 0.1) is 0 Å². The summed E-state index contributed by atoms with van der Waals surface area (Å²) in [7, 11) is 3.24. The lowest BCUT2D eigenvalue weighted by molar-refractivity contribution is 0.223. The van der Waals surface area contributed by atoms with E-state index in [0.29, 0.717) is 23.4 Å². The lowest BCUT2D eigenvalue weighted by atomic mass is 9.99. The second-order valence-electron chi connectivity index (χ2n) is 7.02. The minimum Gasteiger partial charge on any atom is -0.493 e. The van der Waals surface area contributed by atoms with Crippen molar-refractivity contribution in [2.45, 2.75) is 39.7 Å². The summed E-state index contributed by atoms with van der Waals surface area (Å²) in [5, 5.41) is 0.890. The fraction of sp³-hybridized carbons (Fsp3) is 0.364. The second-order valence-corrected chi connectivity index (χ2v) is 7.02. The monoisotopic (exact) mass is 366 g/mol. The Bertz CT molecular complexity index is 934. The third kappa shape index (κ3) is 3.97. The van der Waals surface area contributed by atoms with Crippen molar-refractivity contribution in [3.8, 4) is 28.8 Å². The number of fused-ring (bicyclic) bond motifs is 1. The maximum atomic E-state index is 5.78. The number of aromatic nitrogens is 2. The van der Waals surface area contributed by atoms with E-state index in [2.05, 4.69) is 48.1 Å². The summed E-state index contributed by atoms with van der Waals surface area (Å²) < 4.78 is 16.7. The minimum atomic E-state index is -0.0150. The van der Waals surface area contributed by atoms with Gasteiger partial charge in [0.15, 0.2) is 11.5 Å². The van der Waals surface area contributed by atoms with Gasteiger partial charge in [-0.25, -0.2) is 0 Å². The third-order valence-corrected chi connectivity index (χ3v) is 4.37. The molecule has 0 fully saturated rings. The quantitative estimate of drug-likeness (QED) is 0.598. The predicted molar refractivity (Wildman–Crippen MR) is 108 cm³/mol. The van der Waals surface area contributed by atoms with Gasteiger partial charge in [0.1, 0.15) is 0 Å². The predicted octanol–water partition coefficient (Wildman–Crippen LogP) is 5.22. The Labute approximate surface area is 160 Å². The molecule has 2 aromatic carbocycles. The molecular formula is C22H26N2O3. The highest BCUT2D eigenvalue weighted by atomic mass is 16.5. The van der Waals surface area contributed by atoms with Gasteiger partial charge < -0.3 is 14.2 Å². The zero-order valence-corrected chi connectivity index (χ0v) is 16.7. The van der Waals surface area contributed by atoms with Crippen molar-refractivity contribution in [3.05, 3.63) is 42.0 Å². The molecule has 27 heavy (non-hydrogen) atoms. The van der Waals surface area contributed by atoms with Crippen LogP contribution in [0.3, 0.4) is 0 Å². The molecular weight excluding hydrogens is 340 g/mol. The SMILES string of the molecule is COc1cc2nc(OC(C)C)nc(-c3ccc(C(C)C)cc3)c2cc1OC. The molecule has 0 bridgehead atoms. The van der Waals surface area contributed by atoms with Gasteiger partial charge in [0.05, 0.1) is 31.5 Å². The van der Waals surface area contributed by atoms with E-state index in [1.807, 2.05) is 26.0 Å². The van der Waals surface area contributed by atoms with Crippen LogP contribution in [0.2, 0.25) is 0 Å². The molecule has 3 aromatic rings. The van der Waals surface area contributed by atoms with E-state index < -0.39 is 0 Å². The topological polar surface area (TPSA) is 53.5 Å². The summed E-state index contributed by atoms with van der Waals surface area (Å²) in [6.07, 6.45) is -0.0150. The zero-order valence-electron chi connectivity index (χ0n) is 16.7. The first-order valence-electron chi connectivity index (χ1n) is 9.13. The Morgan fingerprint density at radius 3 is 2.00 bits per heavy atom. The van der Waals surface area contributed by atoms with Gasteiger partial charge in [0.2, 0.25) is 0 Å². The highest BCUT2D eigenvalue weighted by molar-refractivity contribution is 5.94. The molecule has 1 heterocycles. The smallest absolute Gasteiger partial charge is 0.317 e. The first kappa shape index (κ1) is 19.0. The molecule has 3 rings (SSSR count). The van der Waals surface area contributed by atoms with Crippen LogP contribution in [-0.4, -0.2) is 30.3 Å². The van der Waals surface area contributed by atoms with Gasteiger partial charge in [-0.15, -0.1) is 0 Å². The van der Waals surface area contributed by atoms with E-state index in [4.69, 9.17) is 14.2 Å². The Morgan fingerprint density at radius 2 is 1.44 bits per heavy atom. The van der Waals surface area contributed by atoms with Crippen molar-refractivity contribution in [2.24, 2.45) is 0 Å². The Kier molecular flexibility index (Phi) is 5.49. The lowest BCUT2D eigenvalue weighted by Crippen LogP contribution is -2.09. The third-order valence-electron chi connectivity index (χ3n) is 4.37. The average molecular weight is 366 g/mol. The largest absolute Gasteiger partial charge is 0.493 e. The minimum absolute atomic E-state index is 0.0150. The normalized spacial score (nSPS) is 11.3. The Balaban J connectivity index is 2.23. The van der Waals surface area contributed by atoms with Crippen LogP contribution in [0.1, 0.15) is 39.2 Å². The molecule has 0 atom stereocenters. The van der Waals surface area contributed by atoms with Crippen molar-refractivity contribution < 1.29 is 14.2 Å². The molecule has 0 aliphatic rings. The van der Waals surface area contributed by atoms with Gasteiger partial charge in [0.25, 0.3) is 0 Å². The van der Waals surface area contributed by atoms with E-state index in [1.165, 1.54) is 5.56 Å². The summed E-state index contributed by atoms with van der Waals surface area (Å²) in [6, 6.07) is 12.6. The molecule has 0 aliphatic carbocycles. The Hall–Kier alpha value is -2.82. The number of benzene rings is 2. The van der Waals surface area contributed by atoms with Crippen molar-refractivity contribution >= 4 is 10.9 Å². The molecule has 0 saturated heterocycles. The van der Waals surface area contributed by atoms with Crippen molar-refractivity contribution in [2.75, 3.05) is 14.2 Å². The molecule has 5 nitrogen and oxygen atoms in total. The zero-order chi connectivity index (χ0) is 19.6. The van der Waals surface area contributed by atoms with Gasteiger partial charge in [0, 0.05) is 17.0 Å². The van der Waals surface area contributed by atoms with E-state index in [1.54, 1.807) is 14.2 Å². The second kappa shape index (κ2) is 7.82. The van der Waals surface area contributed by atoms with Crippen LogP contribution in [0.25, 0.3) is 22.2 Å². The standard InChI is InChI=1S/C22H26N2O3/c1-13(2)15-7-9-16(10-8-15)21-17-11-19(25-5)20(26-6)12-18(17)23-22(24-21)27-14(3)4/h7-14H,1-6H3. The number of hydrogen-bond acceptors (Lipinski definition) is 5. The maximum Gasteiger partial charge on any atom is 0.317 e.